The van der Waals surface area contributed by atoms with Crippen LogP contribution < -0.4 is 10.3 Å². The number of fused-ring (bicyclic) bond motifs is 1. The van der Waals surface area contributed by atoms with E-state index in [-0.39, 0.29) is 11.4 Å². The van der Waals surface area contributed by atoms with Crippen LogP contribution in [0.15, 0.2) is 76.7 Å². The molecule has 0 fully saturated rings. The summed E-state index contributed by atoms with van der Waals surface area (Å²) in [6.07, 6.45) is 0. The van der Waals surface area contributed by atoms with Crippen molar-refractivity contribution in [1.82, 2.24) is 9.55 Å². The molecule has 152 valence electrons. The Hall–Kier alpha value is -2.83. The van der Waals surface area contributed by atoms with Crippen LogP contribution in [0.4, 0.5) is 4.39 Å². The molecule has 0 aliphatic rings. The lowest BCUT2D eigenvalue weighted by atomic mass is 10.2. The molecule has 4 aromatic rings. The first-order valence-corrected chi connectivity index (χ1v) is 10.6. The zero-order chi connectivity index (χ0) is 21.1. The monoisotopic (exact) mass is 440 g/mol. The summed E-state index contributed by atoms with van der Waals surface area (Å²) < 4.78 is 20.4. The number of hydrogen-bond donors (Lipinski definition) is 0. The summed E-state index contributed by atoms with van der Waals surface area (Å²) in [7, 11) is 1.60. The first kappa shape index (κ1) is 20.4. The van der Waals surface area contributed by atoms with Crippen LogP contribution in [-0.4, -0.2) is 16.7 Å². The summed E-state index contributed by atoms with van der Waals surface area (Å²) in [6, 6.07) is 19.1. The number of thioether (sulfide) groups is 1. The van der Waals surface area contributed by atoms with Gasteiger partial charge in [-0.1, -0.05) is 59.8 Å². The van der Waals surface area contributed by atoms with Crippen molar-refractivity contribution in [3.63, 3.8) is 0 Å². The maximum atomic E-state index is 13.4. The first-order chi connectivity index (χ1) is 14.6. The summed E-state index contributed by atoms with van der Waals surface area (Å²) in [5, 5.41) is 1.46. The Morgan fingerprint density at radius 1 is 1.07 bits per heavy atom. The molecule has 0 atom stereocenters. The molecule has 30 heavy (non-hydrogen) atoms. The highest BCUT2D eigenvalue weighted by Crippen LogP contribution is 2.28. The fourth-order valence-corrected chi connectivity index (χ4v) is 4.50. The summed E-state index contributed by atoms with van der Waals surface area (Å²) in [6.45, 7) is 0.320. The van der Waals surface area contributed by atoms with Gasteiger partial charge in [-0.2, -0.15) is 0 Å². The van der Waals surface area contributed by atoms with E-state index in [1.54, 1.807) is 23.8 Å². The molecule has 1 aromatic heterocycles. The molecule has 4 nitrogen and oxygen atoms in total. The van der Waals surface area contributed by atoms with Gasteiger partial charge in [0, 0.05) is 16.3 Å². The summed E-state index contributed by atoms with van der Waals surface area (Å²) in [5.41, 5.74) is 2.15. The van der Waals surface area contributed by atoms with Crippen LogP contribution in [0.3, 0.4) is 0 Å². The van der Waals surface area contributed by atoms with Crippen LogP contribution in [0.2, 0.25) is 5.02 Å². The van der Waals surface area contributed by atoms with Crippen molar-refractivity contribution in [2.45, 2.75) is 17.5 Å². The van der Waals surface area contributed by atoms with E-state index in [9.17, 15) is 9.18 Å². The number of halogens is 2. The minimum absolute atomic E-state index is 0.126. The number of rotatable bonds is 6. The second-order valence-electron chi connectivity index (χ2n) is 6.64. The number of benzene rings is 3. The van der Waals surface area contributed by atoms with Crippen molar-refractivity contribution in [3.05, 3.63) is 99.1 Å². The number of ether oxygens (including phenoxy) is 1. The van der Waals surface area contributed by atoms with E-state index in [1.165, 1.54) is 23.9 Å². The van der Waals surface area contributed by atoms with Gasteiger partial charge < -0.3 is 4.74 Å². The van der Waals surface area contributed by atoms with E-state index in [0.29, 0.717) is 39.1 Å². The molecule has 0 unspecified atom stereocenters. The third kappa shape index (κ3) is 4.20. The second-order valence-corrected chi connectivity index (χ2v) is 7.99. The lowest BCUT2D eigenvalue weighted by molar-refractivity contribution is 0.407. The summed E-state index contributed by atoms with van der Waals surface area (Å²) in [5.74, 6) is 0.774. The largest absolute Gasteiger partial charge is 0.496 e. The highest BCUT2D eigenvalue weighted by atomic mass is 35.5. The van der Waals surface area contributed by atoms with Gasteiger partial charge in [0.1, 0.15) is 11.6 Å². The second kappa shape index (κ2) is 8.90. The van der Waals surface area contributed by atoms with Gasteiger partial charge in [-0.3, -0.25) is 9.36 Å². The highest BCUT2D eigenvalue weighted by Gasteiger charge is 2.14. The molecule has 3 aromatic carbocycles. The summed E-state index contributed by atoms with van der Waals surface area (Å²) in [4.78, 5) is 18.0. The lowest BCUT2D eigenvalue weighted by Gasteiger charge is -2.15. The predicted molar refractivity (Wildman–Crippen MR) is 119 cm³/mol. The molecule has 0 saturated carbocycles. The standard InChI is InChI=1S/C23H18ClFN2O2S/c1-29-21-9-5-2-6-15(21)13-27-22(28)18-7-3-4-8-20(18)26-23(27)30-14-16-10-11-17(25)12-19(16)24/h2-12H,13-14H2,1H3. The average Bonchev–Trinajstić information content (AvgIpc) is 2.76. The Morgan fingerprint density at radius 2 is 1.83 bits per heavy atom. The Morgan fingerprint density at radius 3 is 2.63 bits per heavy atom. The molecule has 0 N–H and O–H groups in total. The van der Waals surface area contributed by atoms with Crippen LogP contribution in [0, 0.1) is 5.82 Å². The molecule has 4 rings (SSSR count). The predicted octanol–water partition coefficient (Wildman–Crippen LogP) is 5.54. The molecular formula is C23H18ClFN2O2S. The highest BCUT2D eigenvalue weighted by molar-refractivity contribution is 7.98. The van der Waals surface area contributed by atoms with Crippen LogP contribution in [0.5, 0.6) is 5.75 Å². The number of aromatic nitrogens is 2. The van der Waals surface area contributed by atoms with E-state index >= 15 is 0 Å². The van der Waals surface area contributed by atoms with Gasteiger partial charge in [0.25, 0.3) is 5.56 Å². The third-order valence-corrected chi connectivity index (χ3v) is 6.10. The maximum Gasteiger partial charge on any atom is 0.262 e. The Bertz CT molecular complexity index is 1280. The fraction of sp³-hybridized carbons (Fsp3) is 0.130. The van der Waals surface area contributed by atoms with Crippen molar-refractivity contribution >= 4 is 34.3 Å². The number of hydrogen-bond acceptors (Lipinski definition) is 4. The van der Waals surface area contributed by atoms with Gasteiger partial charge in [-0.15, -0.1) is 0 Å². The quantitative estimate of drug-likeness (QED) is 0.292. The minimum atomic E-state index is -0.384. The molecule has 0 aliphatic heterocycles. The number of para-hydroxylation sites is 2. The zero-order valence-electron chi connectivity index (χ0n) is 16.1. The molecular weight excluding hydrogens is 423 g/mol. The van der Waals surface area contributed by atoms with Crippen molar-refractivity contribution in [2.75, 3.05) is 7.11 Å². The van der Waals surface area contributed by atoms with Crippen molar-refractivity contribution in [2.24, 2.45) is 0 Å². The first-order valence-electron chi connectivity index (χ1n) is 9.25. The molecule has 0 amide bonds. The normalized spacial score (nSPS) is 11.0. The molecule has 0 radical (unpaired) electrons. The SMILES string of the molecule is COc1ccccc1Cn1c(SCc2ccc(F)cc2Cl)nc2ccccc2c1=O. The topological polar surface area (TPSA) is 44.1 Å². The molecule has 7 heteroatoms. The van der Waals surface area contributed by atoms with Crippen molar-refractivity contribution < 1.29 is 9.13 Å². The van der Waals surface area contributed by atoms with Crippen molar-refractivity contribution in [1.29, 1.82) is 0 Å². The van der Waals surface area contributed by atoms with E-state index in [4.69, 9.17) is 21.3 Å². The Labute approximate surface area is 182 Å². The van der Waals surface area contributed by atoms with E-state index < -0.39 is 0 Å². The molecule has 0 saturated heterocycles. The van der Waals surface area contributed by atoms with E-state index in [1.807, 2.05) is 42.5 Å². The van der Waals surface area contributed by atoms with E-state index in [0.717, 1.165) is 11.1 Å². The van der Waals surface area contributed by atoms with Gasteiger partial charge in [0.05, 0.1) is 24.6 Å². The molecule has 0 spiro atoms. The van der Waals surface area contributed by atoms with Gasteiger partial charge in [-0.05, 0) is 35.9 Å². The van der Waals surface area contributed by atoms with Gasteiger partial charge in [-0.25, -0.2) is 9.37 Å². The fourth-order valence-electron chi connectivity index (χ4n) is 3.18. The van der Waals surface area contributed by atoms with Crippen LogP contribution >= 0.6 is 23.4 Å². The Kier molecular flexibility index (Phi) is 6.06. The lowest BCUT2D eigenvalue weighted by Crippen LogP contribution is -2.24. The maximum absolute atomic E-state index is 13.4. The molecule has 1 heterocycles. The van der Waals surface area contributed by atoms with Crippen molar-refractivity contribution in [3.8, 4) is 5.75 Å². The van der Waals surface area contributed by atoms with Crippen LogP contribution in [0.1, 0.15) is 11.1 Å². The van der Waals surface area contributed by atoms with Gasteiger partial charge in [0.15, 0.2) is 5.16 Å². The zero-order valence-corrected chi connectivity index (χ0v) is 17.7. The third-order valence-electron chi connectivity index (χ3n) is 4.72. The number of methoxy groups -OCH3 is 1. The van der Waals surface area contributed by atoms with E-state index in [2.05, 4.69) is 0 Å². The smallest absolute Gasteiger partial charge is 0.262 e. The Balaban J connectivity index is 1.77. The minimum Gasteiger partial charge on any atom is -0.496 e. The summed E-state index contributed by atoms with van der Waals surface area (Å²) >= 11 is 7.56. The van der Waals surface area contributed by atoms with Gasteiger partial charge in [0.2, 0.25) is 0 Å². The average molecular weight is 441 g/mol. The van der Waals surface area contributed by atoms with Crippen LogP contribution in [-0.2, 0) is 12.3 Å². The molecule has 0 aliphatic carbocycles. The van der Waals surface area contributed by atoms with Gasteiger partial charge >= 0.3 is 0 Å². The number of nitrogens with zero attached hydrogens (tertiary/aromatic N) is 2. The molecule has 0 bridgehead atoms. The van der Waals surface area contributed by atoms with Crippen LogP contribution in [0.25, 0.3) is 10.9 Å².